The molecule has 208 valence electrons. The van der Waals surface area contributed by atoms with Crippen molar-refractivity contribution in [2.45, 2.75) is 55.8 Å². The molecular formula is C20H15F12NO3S. The SMILES string of the molecule is CCCCOC(=O)c1c(NC(=O)C(F)(F)C(F)(F)C(F)(F)C(F)(F)C(F)(F)C(F)F)sc2ccccc12. The van der Waals surface area contributed by atoms with Gasteiger partial charge in [-0.15, -0.1) is 11.3 Å². The van der Waals surface area contributed by atoms with E-state index in [1.807, 2.05) is 0 Å². The average molecular weight is 577 g/mol. The van der Waals surface area contributed by atoms with Crippen molar-refractivity contribution >= 4 is 38.3 Å². The highest BCUT2D eigenvalue weighted by Crippen LogP contribution is 2.58. The summed E-state index contributed by atoms with van der Waals surface area (Å²) in [5.41, 5.74) is -0.675. The molecule has 0 aliphatic carbocycles. The minimum atomic E-state index is -7.86. The van der Waals surface area contributed by atoms with E-state index in [1.165, 1.54) is 24.3 Å². The Morgan fingerprint density at radius 2 is 1.49 bits per heavy atom. The van der Waals surface area contributed by atoms with Gasteiger partial charge in [0.1, 0.15) is 10.6 Å². The van der Waals surface area contributed by atoms with Crippen LogP contribution in [0.1, 0.15) is 30.1 Å². The zero-order valence-electron chi connectivity index (χ0n) is 18.2. The van der Waals surface area contributed by atoms with Gasteiger partial charge in [-0.2, -0.15) is 43.9 Å². The predicted octanol–water partition coefficient (Wildman–Crippen LogP) is 7.24. The number of halogens is 12. The fourth-order valence-electron chi connectivity index (χ4n) is 2.78. The molecule has 0 fully saturated rings. The first kappa shape index (κ1) is 30.5. The number of thiophene rings is 1. The lowest BCUT2D eigenvalue weighted by Crippen LogP contribution is -2.70. The van der Waals surface area contributed by atoms with E-state index >= 15 is 0 Å². The Bertz CT molecular complexity index is 1150. The molecule has 17 heteroatoms. The van der Waals surface area contributed by atoms with Crippen molar-refractivity contribution in [1.82, 2.24) is 0 Å². The summed E-state index contributed by atoms with van der Waals surface area (Å²) in [7, 11) is 0. The number of benzene rings is 1. The molecule has 0 spiro atoms. The highest BCUT2D eigenvalue weighted by molar-refractivity contribution is 7.23. The van der Waals surface area contributed by atoms with Crippen LogP contribution in [-0.2, 0) is 9.53 Å². The first-order valence-electron chi connectivity index (χ1n) is 9.96. The molecule has 0 radical (unpaired) electrons. The van der Waals surface area contributed by atoms with E-state index in [0.29, 0.717) is 24.2 Å². The number of carbonyl (C=O) groups excluding carboxylic acids is 2. The summed E-state index contributed by atoms with van der Waals surface area (Å²) in [5.74, 6) is -41.9. The Balaban J connectivity index is 2.50. The van der Waals surface area contributed by atoms with Gasteiger partial charge in [0.15, 0.2) is 0 Å². The molecule has 0 bridgehead atoms. The number of alkyl halides is 12. The summed E-state index contributed by atoms with van der Waals surface area (Å²) in [5, 5.41) is 0.0274. The highest BCUT2D eigenvalue weighted by Gasteiger charge is 2.89. The Hall–Kier alpha value is -2.72. The Kier molecular flexibility index (Phi) is 8.42. The maximum Gasteiger partial charge on any atom is 0.393 e. The number of hydrogen-bond acceptors (Lipinski definition) is 4. The van der Waals surface area contributed by atoms with Crippen LogP contribution >= 0.6 is 11.3 Å². The van der Waals surface area contributed by atoms with Crippen molar-refractivity contribution in [2.75, 3.05) is 11.9 Å². The molecular weight excluding hydrogens is 562 g/mol. The Labute approximate surface area is 203 Å². The van der Waals surface area contributed by atoms with Gasteiger partial charge in [0.25, 0.3) is 0 Å². The van der Waals surface area contributed by atoms with E-state index in [2.05, 4.69) is 0 Å². The van der Waals surface area contributed by atoms with E-state index in [4.69, 9.17) is 4.74 Å². The van der Waals surface area contributed by atoms with Gasteiger partial charge in [-0.1, -0.05) is 31.5 Å². The summed E-state index contributed by atoms with van der Waals surface area (Å²) in [6, 6.07) is 5.18. The van der Waals surface area contributed by atoms with Gasteiger partial charge in [-0.25, -0.2) is 13.6 Å². The first-order chi connectivity index (χ1) is 16.8. The predicted molar refractivity (Wildman–Crippen MR) is 106 cm³/mol. The molecule has 0 aliphatic rings. The lowest BCUT2D eigenvalue weighted by atomic mass is 9.94. The van der Waals surface area contributed by atoms with Gasteiger partial charge < -0.3 is 10.1 Å². The van der Waals surface area contributed by atoms with Gasteiger partial charge in [-0.3, -0.25) is 4.79 Å². The fourth-order valence-corrected chi connectivity index (χ4v) is 3.87. The quantitative estimate of drug-likeness (QED) is 0.174. The van der Waals surface area contributed by atoms with Crippen LogP contribution in [0.15, 0.2) is 24.3 Å². The van der Waals surface area contributed by atoms with Crippen molar-refractivity contribution < 1.29 is 67.0 Å². The molecule has 1 amide bonds. The summed E-state index contributed by atoms with van der Waals surface area (Å²) < 4.78 is 166. The van der Waals surface area contributed by atoms with Gasteiger partial charge in [0, 0.05) is 10.1 Å². The van der Waals surface area contributed by atoms with E-state index in [0.717, 1.165) is 5.32 Å². The first-order valence-corrected chi connectivity index (χ1v) is 10.8. The molecule has 2 rings (SSSR count). The molecule has 1 heterocycles. The lowest BCUT2D eigenvalue weighted by Gasteiger charge is -2.38. The van der Waals surface area contributed by atoms with Crippen molar-refractivity contribution in [2.24, 2.45) is 0 Å². The molecule has 4 nitrogen and oxygen atoms in total. The molecule has 1 aromatic carbocycles. The zero-order chi connectivity index (χ0) is 28.6. The minimum Gasteiger partial charge on any atom is -0.462 e. The van der Waals surface area contributed by atoms with Gasteiger partial charge >= 0.3 is 47.9 Å². The molecule has 2 aromatic rings. The summed E-state index contributed by atoms with van der Waals surface area (Å²) in [6.45, 7) is 1.50. The number of hydrogen-bond donors (Lipinski definition) is 1. The van der Waals surface area contributed by atoms with Crippen LogP contribution in [0.25, 0.3) is 10.1 Å². The number of esters is 1. The van der Waals surface area contributed by atoms with Gasteiger partial charge in [-0.05, 0) is 12.5 Å². The number of anilines is 1. The van der Waals surface area contributed by atoms with Crippen LogP contribution in [0.4, 0.5) is 57.7 Å². The van der Waals surface area contributed by atoms with Gasteiger partial charge in [0.2, 0.25) is 0 Å². The number of fused-ring (bicyclic) bond motifs is 1. The number of carbonyl (C=O) groups is 2. The largest absolute Gasteiger partial charge is 0.462 e. The van der Waals surface area contributed by atoms with Crippen molar-refractivity contribution in [3.8, 4) is 0 Å². The smallest absolute Gasteiger partial charge is 0.393 e. The van der Waals surface area contributed by atoms with Crippen LogP contribution in [-0.4, -0.2) is 54.5 Å². The second kappa shape index (κ2) is 10.2. The fraction of sp³-hybridized carbons (Fsp3) is 0.500. The second-order valence-electron chi connectivity index (χ2n) is 7.47. The average Bonchev–Trinajstić information content (AvgIpc) is 3.16. The Morgan fingerprint density at radius 1 is 0.919 bits per heavy atom. The molecule has 1 aromatic heterocycles. The van der Waals surface area contributed by atoms with Crippen LogP contribution in [0.3, 0.4) is 0 Å². The molecule has 0 aliphatic heterocycles. The summed E-state index contributed by atoms with van der Waals surface area (Å²) >= 11 is 0.302. The van der Waals surface area contributed by atoms with Crippen LogP contribution in [0.2, 0.25) is 0 Å². The second-order valence-corrected chi connectivity index (χ2v) is 8.52. The van der Waals surface area contributed by atoms with Crippen LogP contribution in [0.5, 0.6) is 0 Å². The van der Waals surface area contributed by atoms with Crippen LogP contribution in [0, 0.1) is 0 Å². The van der Waals surface area contributed by atoms with Crippen LogP contribution < -0.4 is 5.32 Å². The molecule has 0 saturated heterocycles. The van der Waals surface area contributed by atoms with Crippen molar-refractivity contribution in [3.05, 3.63) is 29.8 Å². The third-order valence-electron chi connectivity index (χ3n) is 4.92. The zero-order valence-corrected chi connectivity index (χ0v) is 19.0. The number of amides is 1. The maximum absolute atomic E-state index is 14.2. The lowest BCUT2D eigenvalue weighted by molar-refractivity contribution is -0.406. The standard InChI is InChI=1S/C20H15F12NO3S/c1-2-3-8-36-13(34)11-9-6-4-5-7-10(9)37-12(11)33-15(35)17(25,26)19(29,30)20(31,32)18(27,28)16(23,24)14(21)22/h4-7,14H,2-3,8H2,1H3,(H,33,35). The molecule has 1 N–H and O–H groups in total. The highest BCUT2D eigenvalue weighted by atomic mass is 32.1. The summed E-state index contributed by atoms with van der Waals surface area (Å²) in [4.78, 5) is 24.4. The van der Waals surface area contributed by atoms with E-state index in [-0.39, 0.29) is 16.7 Å². The molecule has 0 saturated carbocycles. The summed E-state index contributed by atoms with van der Waals surface area (Å²) in [6.07, 6.45) is -4.80. The Morgan fingerprint density at radius 3 is 2.03 bits per heavy atom. The van der Waals surface area contributed by atoms with Crippen molar-refractivity contribution in [1.29, 1.82) is 0 Å². The minimum absolute atomic E-state index is 0.0622. The van der Waals surface area contributed by atoms with Crippen molar-refractivity contribution in [3.63, 3.8) is 0 Å². The molecule has 37 heavy (non-hydrogen) atoms. The number of nitrogens with one attached hydrogen (secondary N) is 1. The topological polar surface area (TPSA) is 55.4 Å². The normalized spacial score (nSPS) is 13.8. The monoisotopic (exact) mass is 577 g/mol. The molecule has 0 atom stereocenters. The number of ether oxygens (including phenoxy) is 1. The third-order valence-corrected chi connectivity index (χ3v) is 6.00. The van der Waals surface area contributed by atoms with E-state index in [1.54, 1.807) is 6.92 Å². The number of unbranched alkanes of at least 4 members (excludes halogenated alkanes) is 1. The number of rotatable bonds is 11. The van der Waals surface area contributed by atoms with E-state index < -0.39 is 58.5 Å². The third kappa shape index (κ3) is 4.93. The van der Waals surface area contributed by atoms with E-state index in [9.17, 15) is 62.3 Å². The molecule has 0 unspecified atom stereocenters. The maximum atomic E-state index is 14.2. The van der Waals surface area contributed by atoms with Gasteiger partial charge in [0.05, 0.1) is 6.61 Å².